The zero-order valence-corrected chi connectivity index (χ0v) is 13.0. The number of allylic oxidation sites excluding steroid dienone is 1. The molecule has 0 aliphatic heterocycles. The van der Waals surface area contributed by atoms with Gasteiger partial charge in [0.25, 0.3) is 0 Å². The molecule has 0 amide bonds. The summed E-state index contributed by atoms with van der Waals surface area (Å²) >= 11 is 0. The topological polar surface area (TPSA) is 41.5 Å². The van der Waals surface area contributed by atoms with Crippen molar-refractivity contribution in [2.45, 2.75) is 43.6 Å². The van der Waals surface area contributed by atoms with E-state index in [4.69, 9.17) is 4.74 Å². The van der Waals surface area contributed by atoms with Crippen LogP contribution in [0.25, 0.3) is 0 Å². The maximum absolute atomic E-state index is 10.7. The molecule has 3 atom stereocenters. The van der Waals surface area contributed by atoms with Gasteiger partial charge in [0, 0.05) is 17.0 Å². The van der Waals surface area contributed by atoms with Crippen LogP contribution in [-0.2, 0) is 11.8 Å². The standard InChI is InChI=1S/C18H25NO2/c1-4-18-10-6-5-7-13(18)14(19-2)11-12-8-9-15(21-3)17(20)16(12)18/h4,8-9,13-14,19-20H,1,5-7,10-11H2,2-3H3/t13-,14+,18+/m1/s1. The molecule has 0 unspecified atom stereocenters. The maximum atomic E-state index is 10.7. The van der Waals surface area contributed by atoms with Crippen LogP contribution in [0.4, 0.5) is 0 Å². The van der Waals surface area contributed by atoms with Crippen LogP contribution in [0.15, 0.2) is 24.8 Å². The van der Waals surface area contributed by atoms with Gasteiger partial charge in [0.05, 0.1) is 7.11 Å². The van der Waals surface area contributed by atoms with Gasteiger partial charge in [0.1, 0.15) is 0 Å². The smallest absolute Gasteiger partial charge is 0.162 e. The third-order valence-corrected chi connectivity index (χ3v) is 5.59. The normalized spacial score (nSPS) is 31.1. The fourth-order valence-electron chi connectivity index (χ4n) is 4.60. The van der Waals surface area contributed by atoms with Crippen LogP contribution in [0, 0.1) is 5.92 Å². The summed E-state index contributed by atoms with van der Waals surface area (Å²) in [6.07, 6.45) is 7.75. The maximum Gasteiger partial charge on any atom is 0.162 e. The van der Waals surface area contributed by atoms with E-state index in [2.05, 4.69) is 24.0 Å². The second kappa shape index (κ2) is 5.38. The van der Waals surface area contributed by atoms with Crippen molar-refractivity contribution in [2.24, 2.45) is 5.92 Å². The molecule has 21 heavy (non-hydrogen) atoms. The van der Waals surface area contributed by atoms with Crippen LogP contribution < -0.4 is 10.1 Å². The van der Waals surface area contributed by atoms with Crippen LogP contribution in [-0.4, -0.2) is 25.3 Å². The molecule has 2 N–H and O–H groups in total. The number of aromatic hydroxyl groups is 1. The Balaban J connectivity index is 2.23. The number of phenols is 1. The molecule has 3 heteroatoms. The van der Waals surface area contributed by atoms with Gasteiger partial charge in [-0.2, -0.15) is 0 Å². The lowest BCUT2D eigenvalue weighted by atomic mass is 9.55. The Labute approximate surface area is 127 Å². The van der Waals surface area contributed by atoms with Crippen LogP contribution >= 0.6 is 0 Å². The summed E-state index contributed by atoms with van der Waals surface area (Å²) in [7, 11) is 3.65. The Morgan fingerprint density at radius 3 is 2.90 bits per heavy atom. The van der Waals surface area contributed by atoms with E-state index in [1.54, 1.807) is 7.11 Å². The second-order valence-corrected chi connectivity index (χ2v) is 6.35. The largest absolute Gasteiger partial charge is 0.504 e. The van der Waals surface area contributed by atoms with Crippen molar-refractivity contribution in [2.75, 3.05) is 14.2 Å². The van der Waals surface area contributed by atoms with Crippen molar-refractivity contribution in [1.82, 2.24) is 5.32 Å². The lowest BCUT2D eigenvalue weighted by Crippen LogP contribution is -2.52. The summed E-state index contributed by atoms with van der Waals surface area (Å²) in [4.78, 5) is 0. The number of nitrogens with one attached hydrogen (secondary N) is 1. The number of phenolic OH excluding ortho intramolecular Hbond substituents is 1. The first kappa shape index (κ1) is 14.5. The summed E-state index contributed by atoms with van der Waals surface area (Å²) in [5.74, 6) is 1.39. The van der Waals surface area contributed by atoms with Crippen LogP contribution in [0.2, 0.25) is 0 Å². The average molecular weight is 287 g/mol. The van der Waals surface area contributed by atoms with E-state index in [0.29, 0.717) is 23.5 Å². The Bertz CT molecular complexity index is 554. The minimum Gasteiger partial charge on any atom is -0.504 e. The number of likely N-dealkylation sites (N-methyl/N-ethyl adjacent to an activating group) is 1. The Kier molecular flexibility index (Phi) is 3.70. The molecule has 2 aliphatic carbocycles. The summed E-state index contributed by atoms with van der Waals surface area (Å²) in [5, 5.41) is 14.2. The van der Waals surface area contributed by atoms with Crippen molar-refractivity contribution >= 4 is 0 Å². The summed E-state index contributed by atoms with van der Waals surface area (Å²) < 4.78 is 5.33. The highest BCUT2D eigenvalue weighted by Gasteiger charge is 2.49. The lowest BCUT2D eigenvalue weighted by molar-refractivity contribution is 0.161. The van der Waals surface area contributed by atoms with Gasteiger partial charge in [-0.25, -0.2) is 0 Å². The molecule has 1 fully saturated rings. The van der Waals surface area contributed by atoms with E-state index in [1.165, 1.54) is 24.8 Å². The van der Waals surface area contributed by atoms with Gasteiger partial charge in [0.15, 0.2) is 11.5 Å². The monoisotopic (exact) mass is 287 g/mol. The molecule has 3 nitrogen and oxygen atoms in total. The zero-order valence-electron chi connectivity index (χ0n) is 13.0. The van der Waals surface area contributed by atoms with E-state index in [-0.39, 0.29) is 5.41 Å². The van der Waals surface area contributed by atoms with Crippen molar-refractivity contribution in [3.63, 3.8) is 0 Å². The van der Waals surface area contributed by atoms with E-state index in [1.807, 2.05) is 13.1 Å². The van der Waals surface area contributed by atoms with Crippen molar-refractivity contribution in [3.05, 3.63) is 35.9 Å². The third kappa shape index (κ3) is 1.98. The first-order valence-corrected chi connectivity index (χ1v) is 7.88. The Morgan fingerprint density at radius 2 is 2.24 bits per heavy atom. The number of rotatable bonds is 3. The first-order valence-electron chi connectivity index (χ1n) is 7.88. The highest BCUT2D eigenvalue weighted by molar-refractivity contribution is 5.57. The molecule has 1 saturated carbocycles. The first-order chi connectivity index (χ1) is 10.2. The van der Waals surface area contributed by atoms with Crippen LogP contribution in [0.1, 0.15) is 36.8 Å². The predicted octanol–water partition coefficient (Wildman–Crippen LogP) is 3.16. The van der Waals surface area contributed by atoms with Crippen LogP contribution in [0.5, 0.6) is 11.5 Å². The third-order valence-electron chi connectivity index (χ3n) is 5.59. The van der Waals surface area contributed by atoms with E-state index < -0.39 is 0 Å². The molecule has 0 aromatic heterocycles. The van der Waals surface area contributed by atoms with E-state index in [9.17, 15) is 5.11 Å². The van der Waals surface area contributed by atoms with Gasteiger partial charge in [-0.05, 0) is 43.9 Å². The van der Waals surface area contributed by atoms with Crippen molar-refractivity contribution < 1.29 is 9.84 Å². The predicted molar refractivity (Wildman–Crippen MR) is 85.0 cm³/mol. The zero-order chi connectivity index (χ0) is 15.0. The highest BCUT2D eigenvalue weighted by atomic mass is 16.5. The van der Waals surface area contributed by atoms with Gasteiger partial charge in [-0.1, -0.05) is 25.0 Å². The number of methoxy groups -OCH3 is 1. The summed E-state index contributed by atoms with van der Waals surface area (Å²) in [6.45, 7) is 4.14. The number of hydrogen-bond acceptors (Lipinski definition) is 3. The number of hydrogen-bond donors (Lipinski definition) is 2. The molecule has 1 aromatic carbocycles. The second-order valence-electron chi connectivity index (χ2n) is 6.35. The molecule has 1 aromatic rings. The molecular formula is C18H25NO2. The van der Waals surface area contributed by atoms with Gasteiger partial charge in [-0.15, -0.1) is 6.58 Å². The van der Waals surface area contributed by atoms with E-state index in [0.717, 1.165) is 18.4 Å². The fraction of sp³-hybridized carbons (Fsp3) is 0.556. The SMILES string of the molecule is C=C[C@]12CCCC[C@@H]1[C@@H](NC)Cc1ccc(OC)c(O)c12. The van der Waals surface area contributed by atoms with Crippen molar-refractivity contribution in [3.8, 4) is 11.5 Å². The molecule has 0 saturated heterocycles. The molecule has 0 bridgehead atoms. The molecule has 0 heterocycles. The number of ether oxygens (including phenoxy) is 1. The fourth-order valence-corrected chi connectivity index (χ4v) is 4.60. The van der Waals surface area contributed by atoms with Crippen LogP contribution in [0.3, 0.4) is 0 Å². The summed E-state index contributed by atoms with van der Waals surface area (Å²) in [5.41, 5.74) is 2.16. The Morgan fingerprint density at radius 1 is 1.43 bits per heavy atom. The van der Waals surface area contributed by atoms with Gasteiger partial charge >= 0.3 is 0 Å². The van der Waals surface area contributed by atoms with E-state index >= 15 is 0 Å². The Hall–Kier alpha value is -1.48. The number of benzene rings is 1. The molecule has 0 radical (unpaired) electrons. The molecular weight excluding hydrogens is 262 g/mol. The van der Waals surface area contributed by atoms with Gasteiger partial charge in [0.2, 0.25) is 0 Å². The quantitative estimate of drug-likeness (QED) is 0.839. The minimum atomic E-state index is -0.127. The molecule has 2 aliphatic rings. The highest BCUT2D eigenvalue weighted by Crippen LogP contribution is 2.55. The average Bonchev–Trinajstić information content (AvgIpc) is 2.53. The molecule has 3 rings (SSSR count). The number of fused-ring (bicyclic) bond motifs is 3. The molecule has 114 valence electrons. The van der Waals surface area contributed by atoms with Gasteiger partial charge in [-0.3, -0.25) is 0 Å². The molecule has 0 spiro atoms. The van der Waals surface area contributed by atoms with Gasteiger partial charge < -0.3 is 15.2 Å². The van der Waals surface area contributed by atoms with Crippen molar-refractivity contribution in [1.29, 1.82) is 0 Å². The lowest BCUT2D eigenvalue weighted by Gasteiger charge is -2.50. The summed E-state index contributed by atoms with van der Waals surface area (Å²) in [6, 6.07) is 4.43. The minimum absolute atomic E-state index is 0.127.